The molecular formula is C10H15F3N2O. The van der Waals surface area contributed by atoms with E-state index in [1.165, 1.54) is 0 Å². The molecule has 0 saturated heterocycles. The zero-order valence-corrected chi connectivity index (χ0v) is 9.13. The third-order valence-corrected chi connectivity index (χ3v) is 2.02. The van der Waals surface area contributed by atoms with Crippen LogP contribution in [0.15, 0.2) is 12.4 Å². The molecule has 0 aromatic carbocycles. The standard InChI is InChI=1S/C10H15F3N2O/c1-2-3-9-14-4-5-15(9)6-7-16-8-10(11,12)13/h4-5H,2-3,6-8H2,1H3. The Hall–Kier alpha value is -1.04. The van der Waals surface area contributed by atoms with Crippen LogP contribution in [0.25, 0.3) is 0 Å². The van der Waals surface area contributed by atoms with Gasteiger partial charge in [-0.3, -0.25) is 0 Å². The van der Waals surface area contributed by atoms with Crippen LogP contribution < -0.4 is 0 Å². The molecule has 1 rings (SSSR count). The Labute approximate surface area is 92.2 Å². The minimum absolute atomic E-state index is 0.0482. The average molecular weight is 236 g/mol. The SMILES string of the molecule is CCCc1nccn1CCOCC(F)(F)F. The molecule has 1 aromatic rings. The molecule has 0 fully saturated rings. The van der Waals surface area contributed by atoms with E-state index in [9.17, 15) is 13.2 Å². The van der Waals surface area contributed by atoms with E-state index in [-0.39, 0.29) is 6.61 Å². The normalized spacial score (nSPS) is 12.0. The van der Waals surface area contributed by atoms with Crippen molar-refractivity contribution in [2.45, 2.75) is 32.5 Å². The molecule has 6 heteroatoms. The van der Waals surface area contributed by atoms with Crippen LogP contribution in [0, 0.1) is 0 Å². The molecule has 0 saturated carbocycles. The molecule has 0 radical (unpaired) electrons. The molecule has 1 aromatic heterocycles. The Morgan fingerprint density at radius 1 is 1.44 bits per heavy atom. The highest BCUT2D eigenvalue weighted by Crippen LogP contribution is 2.14. The van der Waals surface area contributed by atoms with Crippen LogP contribution in [0.1, 0.15) is 19.2 Å². The molecule has 0 bridgehead atoms. The molecular weight excluding hydrogens is 221 g/mol. The Bertz CT molecular complexity index is 309. The lowest BCUT2D eigenvalue weighted by atomic mass is 10.3. The smallest absolute Gasteiger partial charge is 0.370 e. The van der Waals surface area contributed by atoms with Gasteiger partial charge in [0.05, 0.1) is 6.61 Å². The van der Waals surface area contributed by atoms with Crippen LogP contribution in [0.2, 0.25) is 0 Å². The van der Waals surface area contributed by atoms with Crippen LogP contribution in [0.5, 0.6) is 0 Å². The van der Waals surface area contributed by atoms with Crippen molar-refractivity contribution in [2.24, 2.45) is 0 Å². The van der Waals surface area contributed by atoms with E-state index < -0.39 is 12.8 Å². The van der Waals surface area contributed by atoms with E-state index in [0.29, 0.717) is 6.54 Å². The Kier molecular flexibility index (Phi) is 4.79. The monoisotopic (exact) mass is 236 g/mol. The molecule has 0 atom stereocenters. The van der Waals surface area contributed by atoms with Gasteiger partial charge in [-0.05, 0) is 6.42 Å². The summed E-state index contributed by atoms with van der Waals surface area (Å²) in [7, 11) is 0. The molecule has 0 aliphatic rings. The molecule has 16 heavy (non-hydrogen) atoms. The number of halogens is 3. The first-order valence-electron chi connectivity index (χ1n) is 5.17. The average Bonchev–Trinajstić information content (AvgIpc) is 2.60. The maximum atomic E-state index is 11.8. The van der Waals surface area contributed by atoms with E-state index in [1.807, 2.05) is 11.5 Å². The number of rotatable bonds is 6. The highest BCUT2D eigenvalue weighted by molar-refractivity contribution is 4.92. The predicted octanol–water partition coefficient (Wildman–Crippen LogP) is 2.41. The van der Waals surface area contributed by atoms with Crippen LogP contribution in [-0.2, 0) is 17.7 Å². The maximum Gasteiger partial charge on any atom is 0.411 e. The lowest BCUT2D eigenvalue weighted by Crippen LogP contribution is -2.19. The fourth-order valence-corrected chi connectivity index (χ4v) is 1.35. The van der Waals surface area contributed by atoms with Crippen molar-refractivity contribution < 1.29 is 17.9 Å². The van der Waals surface area contributed by atoms with Gasteiger partial charge in [0.25, 0.3) is 0 Å². The van der Waals surface area contributed by atoms with Crippen molar-refractivity contribution in [1.29, 1.82) is 0 Å². The number of aryl methyl sites for hydroxylation is 1. The number of hydrogen-bond acceptors (Lipinski definition) is 2. The number of imidazole rings is 1. The molecule has 3 nitrogen and oxygen atoms in total. The van der Waals surface area contributed by atoms with E-state index in [1.54, 1.807) is 12.4 Å². The van der Waals surface area contributed by atoms with Gasteiger partial charge in [0.2, 0.25) is 0 Å². The Morgan fingerprint density at radius 3 is 2.81 bits per heavy atom. The molecule has 0 amide bonds. The number of aromatic nitrogens is 2. The van der Waals surface area contributed by atoms with Crippen LogP contribution >= 0.6 is 0 Å². The lowest BCUT2D eigenvalue weighted by molar-refractivity contribution is -0.174. The first-order valence-corrected chi connectivity index (χ1v) is 5.17. The first-order chi connectivity index (χ1) is 7.53. The fraction of sp³-hybridized carbons (Fsp3) is 0.700. The van der Waals surface area contributed by atoms with Crippen molar-refractivity contribution >= 4 is 0 Å². The number of hydrogen-bond donors (Lipinski definition) is 0. The molecule has 0 aliphatic heterocycles. The second-order valence-electron chi connectivity index (χ2n) is 3.45. The van der Waals surface area contributed by atoms with Crippen molar-refractivity contribution in [3.8, 4) is 0 Å². The second kappa shape index (κ2) is 5.89. The van der Waals surface area contributed by atoms with E-state index in [0.717, 1.165) is 18.7 Å². The van der Waals surface area contributed by atoms with Gasteiger partial charge >= 0.3 is 6.18 Å². The Morgan fingerprint density at radius 2 is 2.19 bits per heavy atom. The summed E-state index contributed by atoms with van der Waals surface area (Å²) in [5, 5.41) is 0. The molecule has 0 N–H and O–H groups in total. The zero-order valence-electron chi connectivity index (χ0n) is 9.13. The highest BCUT2D eigenvalue weighted by Gasteiger charge is 2.27. The topological polar surface area (TPSA) is 27.1 Å². The third-order valence-electron chi connectivity index (χ3n) is 2.02. The van der Waals surface area contributed by atoms with E-state index >= 15 is 0 Å². The minimum atomic E-state index is -4.25. The summed E-state index contributed by atoms with van der Waals surface area (Å²) in [6.45, 7) is 1.29. The summed E-state index contributed by atoms with van der Waals surface area (Å²) in [4.78, 5) is 4.12. The van der Waals surface area contributed by atoms with Gasteiger partial charge in [0.1, 0.15) is 12.4 Å². The van der Waals surface area contributed by atoms with Gasteiger partial charge < -0.3 is 9.30 Å². The van der Waals surface area contributed by atoms with Crippen LogP contribution in [0.4, 0.5) is 13.2 Å². The largest absolute Gasteiger partial charge is 0.411 e. The van der Waals surface area contributed by atoms with Gasteiger partial charge in [-0.2, -0.15) is 13.2 Å². The van der Waals surface area contributed by atoms with Crippen molar-refractivity contribution in [1.82, 2.24) is 9.55 Å². The van der Waals surface area contributed by atoms with Gasteiger partial charge in [-0.25, -0.2) is 4.98 Å². The van der Waals surface area contributed by atoms with Crippen LogP contribution in [0.3, 0.4) is 0 Å². The Balaban J connectivity index is 2.29. The summed E-state index contributed by atoms with van der Waals surface area (Å²) in [6.07, 6.45) is 0.935. The summed E-state index contributed by atoms with van der Waals surface area (Å²) < 4.78 is 41.7. The third kappa shape index (κ3) is 4.65. The number of alkyl halides is 3. The van der Waals surface area contributed by atoms with Crippen molar-refractivity contribution in [3.05, 3.63) is 18.2 Å². The van der Waals surface area contributed by atoms with Gasteiger partial charge in [-0.15, -0.1) is 0 Å². The molecule has 0 aliphatic carbocycles. The molecule has 1 heterocycles. The summed E-state index contributed by atoms with van der Waals surface area (Å²) in [5.41, 5.74) is 0. The zero-order chi connectivity index (χ0) is 12.0. The minimum Gasteiger partial charge on any atom is -0.370 e. The van der Waals surface area contributed by atoms with Gasteiger partial charge in [-0.1, -0.05) is 6.92 Å². The number of ether oxygens (including phenoxy) is 1. The molecule has 92 valence electrons. The van der Waals surface area contributed by atoms with Gasteiger partial charge in [0.15, 0.2) is 0 Å². The lowest BCUT2D eigenvalue weighted by Gasteiger charge is -2.09. The second-order valence-corrected chi connectivity index (χ2v) is 3.45. The van der Waals surface area contributed by atoms with E-state index in [4.69, 9.17) is 0 Å². The maximum absolute atomic E-state index is 11.8. The van der Waals surface area contributed by atoms with Crippen molar-refractivity contribution in [3.63, 3.8) is 0 Å². The predicted molar refractivity (Wildman–Crippen MR) is 53.1 cm³/mol. The van der Waals surface area contributed by atoms with Crippen LogP contribution in [-0.4, -0.2) is 28.9 Å². The molecule has 0 spiro atoms. The number of nitrogens with zero attached hydrogens (tertiary/aromatic N) is 2. The summed E-state index contributed by atoms with van der Waals surface area (Å²) >= 11 is 0. The van der Waals surface area contributed by atoms with Gasteiger partial charge in [0, 0.05) is 25.4 Å². The highest BCUT2D eigenvalue weighted by atomic mass is 19.4. The van der Waals surface area contributed by atoms with E-state index in [2.05, 4.69) is 9.72 Å². The molecule has 0 unspecified atom stereocenters. The summed E-state index contributed by atoms with van der Waals surface area (Å²) in [5.74, 6) is 0.887. The fourth-order valence-electron chi connectivity index (χ4n) is 1.35. The summed E-state index contributed by atoms with van der Waals surface area (Å²) in [6, 6.07) is 0. The quantitative estimate of drug-likeness (QED) is 0.709. The first kappa shape index (κ1) is 13.0. The van der Waals surface area contributed by atoms with Crippen molar-refractivity contribution in [2.75, 3.05) is 13.2 Å².